The van der Waals surface area contributed by atoms with Crippen LogP contribution in [0, 0.1) is 0 Å². The molecule has 0 radical (unpaired) electrons. The maximum atomic E-state index is 11.9. The van der Waals surface area contributed by atoms with Gasteiger partial charge >= 0.3 is 24.0 Å². The van der Waals surface area contributed by atoms with Gasteiger partial charge in [-0.05, 0) is 39.0 Å². The van der Waals surface area contributed by atoms with Crippen LogP contribution >= 0.6 is 0 Å². The lowest BCUT2D eigenvalue weighted by molar-refractivity contribution is -0.186. The van der Waals surface area contributed by atoms with Crippen molar-refractivity contribution in [3.63, 3.8) is 0 Å². The van der Waals surface area contributed by atoms with Crippen molar-refractivity contribution >= 4 is 29.7 Å². The van der Waals surface area contributed by atoms with Crippen LogP contribution < -0.4 is 10.1 Å². The Labute approximate surface area is 156 Å². The number of carbonyl (C=O) groups is 4. The highest BCUT2D eigenvalue weighted by Gasteiger charge is 2.25. The van der Waals surface area contributed by atoms with Gasteiger partial charge in [-0.15, -0.1) is 0 Å². The first-order valence-corrected chi connectivity index (χ1v) is 8.04. The van der Waals surface area contributed by atoms with E-state index in [1.807, 2.05) is 0 Å². The van der Waals surface area contributed by atoms with Gasteiger partial charge in [0.1, 0.15) is 11.4 Å². The Morgan fingerprint density at radius 2 is 1.48 bits per heavy atom. The lowest BCUT2D eigenvalue weighted by Crippen LogP contribution is -2.27. The van der Waals surface area contributed by atoms with Gasteiger partial charge in [0.15, 0.2) is 0 Å². The van der Waals surface area contributed by atoms with Crippen molar-refractivity contribution in [2.24, 2.45) is 0 Å². The molecule has 1 amide bonds. The summed E-state index contributed by atoms with van der Waals surface area (Å²) in [6, 6.07) is 4.16. The molecule has 0 spiro atoms. The minimum atomic E-state index is -1.46. The predicted molar refractivity (Wildman–Crippen MR) is 93.9 cm³/mol. The second kappa shape index (κ2) is 9.02. The molecule has 0 bridgehead atoms. The molecule has 0 aliphatic rings. The topological polar surface area (TPSA) is 117 Å². The molecule has 0 fully saturated rings. The number of nitrogens with one attached hydrogen (secondary N) is 1. The molecule has 148 valence electrons. The maximum Gasteiger partial charge on any atom is 0.412 e. The number of hydrogen-bond donors (Lipinski definition) is 1. The molecule has 1 N–H and O–H groups in total. The standard InChI is InChI=1S/C18H23NO8/c1-10(20)24-15-8-7-13(19-17(23)27-18(4,5)6)9-14(15)16(25-11(2)21)26-12(3)22/h7-9,16H,1-6H3,(H,19,23). The van der Waals surface area contributed by atoms with Crippen LogP contribution in [0.15, 0.2) is 18.2 Å². The van der Waals surface area contributed by atoms with Gasteiger partial charge < -0.3 is 18.9 Å². The van der Waals surface area contributed by atoms with Crippen LogP contribution in [-0.2, 0) is 28.6 Å². The summed E-state index contributed by atoms with van der Waals surface area (Å²) in [5, 5.41) is 2.50. The molecular formula is C18H23NO8. The van der Waals surface area contributed by atoms with E-state index < -0.39 is 35.9 Å². The Morgan fingerprint density at radius 1 is 0.926 bits per heavy atom. The van der Waals surface area contributed by atoms with Crippen LogP contribution in [0.25, 0.3) is 0 Å². The number of anilines is 1. The summed E-state index contributed by atoms with van der Waals surface area (Å²) >= 11 is 0. The van der Waals surface area contributed by atoms with Gasteiger partial charge in [-0.1, -0.05) is 0 Å². The molecule has 0 aromatic heterocycles. The highest BCUT2D eigenvalue weighted by atomic mass is 16.7. The summed E-state index contributed by atoms with van der Waals surface area (Å²) in [4.78, 5) is 46.0. The van der Waals surface area contributed by atoms with E-state index in [-0.39, 0.29) is 17.0 Å². The Bertz CT molecular complexity index is 719. The fourth-order valence-electron chi connectivity index (χ4n) is 1.93. The third-order valence-corrected chi connectivity index (χ3v) is 2.71. The van der Waals surface area contributed by atoms with E-state index in [1.54, 1.807) is 20.8 Å². The van der Waals surface area contributed by atoms with Gasteiger partial charge in [0.05, 0.1) is 5.56 Å². The molecule has 0 unspecified atom stereocenters. The largest absolute Gasteiger partial charge is 0.444 e. The molecule has 9 nitrogen and oxygen atoms in total. The summed E-state index contributed by atoms with van der Waals surface area (Å²) in [5.74, 6) is -2.07. The first-order chi connectivity index (χ1) is 12.4. The van der Waals surface area contributed by atoms with Gasteiger partial charge in [0.25, 0.3) is 6.29 Å². The molecular weight excluding hydrogens is 358 g/mol. The van der Waals surface area contributed by atoms with Crippen molar-refractivity contribution in [1.29, 1.82) is 0 Å². The van der Waals surface area contributed by atoms with E-state index in [2.05, 4.69) is 5.32 Å². The Morgan fingerprint density at radius 3 is 1.93 bits per heavy atom. The minimum absolute atomic E-state index is 0.00439. The third kappa shape index (κ3) is 8.21. The van der Waals surface area contributed by atoms with Crippen LogP contribution in [-0.4, -0.2) is 29.6 Å². The number of hydrogen-bond acceptors (Lipinski definition) is 8. The zero-order chi connectivity index (χ0) is 20.8. The zero-order valence-electron chi connectivity index (χ0n) is 16.1. The molecule has 0 heterocycles. The predicted octanol–water partition coefficient (Wildman–Crippen LogP) is 3.08. The van der Waals surface area contributed by atoms with E-state index >= 15 is 0 Å². The first kappa shape index (κ1) is 21.9. The number of rotatable bonds is 5. The van der Waals surface area contributed by atoms with Crippen molar-refractivity contribution in [3.05, 3.63) is 23.8 Å². The fraction of sp³-hybridized carbons (Fsp3) is 0.444. The molecule has 1 aromatic rings. The highest BCUT2D eigenvalue weighted by Crippen LogP contribution is 2.32. The molecule has 0 atom stereocenters. The molecule has 27 heavy (non-hydrogen) atoms. The maximum absolute atomic E-state index is 11.9. The van der Waals surface area contributed by atoms with Crippen molar-refractivity contribution in [1.82, 2.24) is 0 Å². The van der Waals surface area contributed by atoms with Crippen molar-refractivity contribution in [2.75, 3.05) is 5.32 Å². The SMILES string of the molecule is CC(=O)Oc1ccc(NC(=O)OC(C)(C)C)cc1C(OC(C)=O)OC(C)=O. The minimum Gasteiger partial charge on any atom is -0.444 e. The smallest absolute Gasteiger partial charge is 0.412 e. The van der Waals surface area contributed by atoms with E-state index in [9.17, 15) is 19.2 Å². The lowest BCUT2D eigenvalue weighted by atomic mass is 10.1. The number of ether oxygens (including phenoxy) is 4. The number of esters is 3. The lowest BCUT2D eigenvalue weighted by Gasteiger charge is -2.21. The van der Waals surface area contributed by atoms with E-state index in [0.29, 0.717) is 0 Å². The number of benzene rings is 1. The Kier molecular flexibility index (Phi) is 7.33. The number of amides is 1. The van der Waals surface area contributed by atoms with Gasteiger partial charge in [-0.25, -0.2) is 4.79 Å². The monoisotopic (exact) mass is 381 g/mol. The third-order valence-electron chi connectivity index (χ3n) is 2.71. The van der Waals surface area contributed by atoms with Gasteiger partial charge in [0.2, 0.25) is 0 Å². The van der Waals surface area contributed by atoms with Gasteiger partial charge in [-0.2, -0.15) is 0 Å². The molecule has 0 aliphatic carbocycles. The summed E-state index contributed by atoms with van der Waals surface area (Å²) in [6.07, 6.45) is -2.18. The molecule has 0 saturated heterocycles. The summed E-state index contributed by atoms with van der Waals surface area (Å²) in [5.41, 5.74) is -0.397. The van der Waals surface area contributed by atoms with Crippen LogP contribution in [0.5, 0.6) is 5.75 Å². The van der Waals surface area contributed by atoms with E-state index in [4.69, 9.17) is 18.9 Å². The van der Waals surface area contributed by atoms with Crippen LogP contribution in [0.3, 0.4) is 0 Å². The summed E-state index contributed by atoms with van der Waals surface area (Å²) < 4.78 is 20.2. The summed E-state index contributed by atoms with van der Waals surface area (Å²) in [7, 11) is 0. The van der Waals surface area contributed by atoms with Gasteiger partial charge in [0, 0.05) is 26.5 Å². The van der Waals surface area contributed by atoms with Gasteiger partial charge in [-0.3, -0.25) is 19.7 Å². The van der Waals surface area contributed by atoms with E-state index in [0.717, 1.165) is 13.8 Å². The Balaban J connectivity index is 3.25. The zero-order valence-corrected chi connectivity index (χ0v) is 16.1. The van der Waals surface area contributed by atoms with Crippen molar-refractivity contribution in [2.45, 2.75) is 53.4 Å². The molecule has 1 aromatic carbocycles. The molecule has 0 aliphatic heterocycles. The highest BCUT2D eigenvalue weighted by molar-refractivity contribution is 5.85. The molecule has 0 saturated carbocycles. The quantitative estimate of drug-likeness (QED) is 0.470. The average Bonchev–Trinajstić information content (AvgIpc) is 2.44. The van der Waals surface area contributed by atoms with Crippen molar-refractivity contribution in [3.8, 4) is 5.75 Å². The molecule has 9 heteroatoms. The number of carbonyl (C=O) groups excluding carboxylic acids is 4. The van der Waals surface area contributed by atoms with Crippen molar-refractivity contribution < 1.29 is 38.1 Å². The Hall–Kier alpha value is -3.10. The van der Waals surface area contributed by atoms with E-state index in [1.165, 1.54) is 25.1 Å². The van der Waals surface area contributed by atoms with Crippen LogP contribution in [0.4, 0.5) is 10.5 Å². The van der Waals surface area contributed by atoms with Crippen LogP contribution in [0.1, 0.15) is 53.4 Å². The summed E-state index contributed by atoms with van der Waals surface area (Å²) in [6.45, 7) is 8.57. The van der Waals surface area contributed by atoms with Crippen LogP contribution in [0.2, 0.25) is 0 Å². The first-order valence-electron chi connectivity index (χ1n) is 8.04. The second-order valence-electron chi connectivity index (χ2n) is 6.52. The second-order valence-corrected chi connectivity index (χ2v) is 6.52. The molecule has 1 rings (SSSR count). The normalized spacial score (nSPS) is 10.8. The fourth-order valence-corrected chi connectivity index (χ4v) is 1.93. The average molecular weight is 381 g/mol.